The Bertz CT molecular complexity index is 13.5. The van der Waals surface area contributed by atoms with Gasteiger partial charge in [-0.15, -0.1) is 0 Å². The van der Waals surface area contributed by atoms with Crippen molar-refractivity contribution >= 4 is 55.1 Å². The van der Waals surface area contributed by atoms with Gasteiger partial charge in [0.2, 0.25) is 0 Å². The summed E-state index contributed by atoms with van der Waals surface area (Å²) in [6.07, 6.45) is 0. The van der Waals surface area contributed by atoms with Crippen molar-refractivity contribution in [3.63, 3.8) is 0 Å². The van der Waals surface area contributed by atoms with Gasteiger partial charge in [-0.25, -0.2) is 0 Å². The van der Waals surface area contributed by atoms with Crippen LogP contribution in [-0.4, -0.2) is 55.1 Å². The molecule has 17 valence electrons. The topological polar surface area (TPSA) is 0 Å². The van der Waals surface area contributed by atoms with Crippen molar-refractivity contribution in [3.05, 3.63) is 0 Å². The zero-order valence-electron chi connectivity index (χ0n) is 3.78. The Hall–Kier alpha value is 3.70. The van der Waals surface area contributed by atoms with E-state index in [4.69, 9.17) is 0 Å². The van der Waals surface area contributed by atoms with Crippen LogP contribution in [0.1, 0.15) is 2.85 Å². The average molecular weight is 259 g/mol. The SMILES string of the molecule is [AlH3].[Ca+2].[H-].[H-].[La].[Ti]. The van der Waals surface area contributed by atoms with Crippen LogP contribution in [-0.2, 0) is 21.7 Å². The van der Waals surface area contributed by atoms with E-state index in [-0.39, 0.29) is 115 Å². The molecule has 0 aromatic heterocycles. The Morgan fingerprint density at radius 2 is 1.25 bits per heavy atom. The largest absolute Gasteiger partial charge is 2.00 e. The second-order valence-electron chi connectivity index (χ2n) is 0. The molecular formula is H5AlCaLaTi. The van der Waals surface area contributed by atoms with Crippen LogP contribution in [0.3, 0.4) is 0 Å². The van der Waals surface area contributed by atoms with E-state index in [2.05, 4.69) is 0 Å². The third-order valence-corrected chi connectivity index (χ3v) is 0. The predicted molar refractivity (Wildman–Crippen MR) is 17.9 cm³/mol. The van der Waals surface area contributed by atoms with E-state index in [1.54, 1.807) is 0 Å². The van der Waals surface area contributed by atoms with E-state index < -0.39 is 0 Å². The van der Waals surface area contributed by atoms with Gasteiger partial charge in [-0.3, -0.25) is 0 Å². The minimum absolute atomic E-state index is 0. The van der Waals surface area contributed by atoms with Crippen LogP contribution in [0, 0.1) is 35.6 Å². The summed E-state index contributed by atoms with van der Waals surface area (Å²) < 4.78 is 0. The van der Waals surface area contributed by atoms with Gasteiger partial charge < -0.3 is 2.85 Å². The summed E-state index contributed by atoms with van der Waals surface area (Å²) in [5, 5.41) is 0. The minimum Gasteiger partial charge on any atom is -1.00 e. The molecule has 0 amide bonds. The van der Waals surface area contributed by atoms with Gasteiger partial charge in [-0.2, -0.15) is 0 Å². The maximum atomic E-state index is 0. The molecule has 0 atom stereocenters. The normalized spacial score (nSPS) is 0. The van der Waals surface area contributed by atoms with Gasteiger partial charge in [-0.05, 0) is 0 Å². The molecule has 0 rings (SSSR count). The Morgan fingerprint density at radius 3 is 1.25 bits per heavy atom. The van der Waals surface area contributed by atoms with E-state index in [0.29, 0.717) is 0 Å². The molecule has 0 aromatic rings. The van der Waals surface area contributed by atoms with Crippen LogP contribution >= 0.6 is 0 Å². The fraction of sp³-hybridized carbons (Fsp3) is 0. The molecule has 0 aromatic carbocycles. The first-order chi connectivity index (χ1) is 0. The first-order valence-electron chi connectivity index (χ1n) is 0. The molecule has 4 heteroatoms. The molecule has 0 fully saturated rings. The van der Waals surface area contributed by atoms with Crippen molar-refractivity contribution in [1.29, 1.82) is 0 Å². The monoisotopic (exact) mass is 259 g/mol. The Labute approximate surface area is 112 Å². The molecule has 0 spiro atoms. The van der Waals surface area contributed by atoms with E-state index in [9.17, 15) is 0 Å². The van der Waals surface area contributed by atoms with Gasteiger partial charge >= 0.3 is 37.7 Å². The van der Waals surface area contributed by atoms with Gasteiger partial charge in [-0.1, -0.05) is 0 Å². The summed E-state index contributed by atoms with van der Waals surface area (Å²) in [5.74, 6) is 0. The summed E-state index contributed by atoms with van der Waals surface area (Å²) in [7, 11) is 0. The van der Waals surface area contributed by atoms with Crippen molar-refractivity contribution in [3.8, 4) is 0 Å². The first kappa shape index (κ1) is 25.2. The fourth-order valence-corrected chi connectivity index (χ4v) is 0. The Kier molecular flexibility index (Phi) is 100. The molecule has 0 bridgehead atoms. The average Bonchev–Trinajstić information content (AvgIpc) is 0. The molecule has 0 aliphatic heterocycles. The molecule has 0 aliphatic carbocycles. The molecule has 0 saturated heterocycles. The summed E-state index contributed by atoms with van der Waals surface area (Å²) in [5.41, 5.74) is 0. The van der Waals surface area contributed by atoms with Crippen molar-refractivity contribution in [2.45, 2.75) is 0 Å². The zero-order chi connectivity index (χ0) is 0. The predicted octanol–water partition coefficient (Wildman–Crippen LogP) is -1.34. The molecule has 4 heavy (non-hydrogen) atoms. The van der Waals surface area contributed by atoms with Gasteiger partial charge in [0.25, 0.3) is 0 Å². The molecule has 0 unspecified atom stereocenters. The van der Waals surface area contributed by atoms with Crippen LogP contribution < -0.4 is 0 Å². The third kappa shape index (κ3) is 9.20. The minimum atomic E-state index is 0. The number of hydrogen-bond acceptors (Lipinski definition) is 0. The molecule has 1 radical (unpaired) electrons. The van der Waals surface area contributed by atoms with Crippen molar-refractivity contribution in [2.24, 2.45) is 0 Å². The smallest absolute Gasteiger partial charge is 1.00 e. The van der Waals surface area contributed by atoms with E-state index >= 15 is 0 Å². The Morgan fingerprint density at radius 1 is 1.25 bits per heavy atom. The maximum absolute atomic E-state index is 0. The molecule has 0 heterocycles. The van der Waals surface area contributed by atoms with Crippen LogP contribution in [0.15, 0.2) is 0 Å². The number of hydrogen-bond donors (Lipinski definition) is 0. The van der Waals surface area contributed by atoms with E-state index in [1.165, 1.54) is 0 Å². The van der Waals surface area contributed by atoms with E-state index in [0.717, 1.165) is 0 Å². The fourth-order valence-electron chi connectivity index (χ4n) is 0. The van der Waals surface area contributed by atoms with Crippen LogP contribution in [0.4, 0.5) is 0 Å². The van der Waals surface area contributed by atoms with Crippen molar-refractivity contribution < 1.29 is 60.2 Å². The van der Waals surface area contributed by atoms with Crippen molar-refractivity contribution in [1.82, 2.24) is 0 Å². The Balaban J connectivity index is 0. The molecule has 0 saturated carbocycles. The summed E-state index contributed by atoms with van der Waals surface area (Å²) in [4.78, 5) is 0. The third-order valence-electron chi connectivity index (χ3n) is 0. The second-order valence-corrected chi connectivity index (χ2v) is 0. The summed E-state index contributed by atoms with van der Waals surface area (Å²) >= 11 is 0. The molecular weight excluding hydrogens is 254 g/mol. The summed E-state index contributed by atoms with van der Waals surface area (Å²) in [6.45, 7) is 0. The van der Waals surface area contributed by atoms with E-state index in [1.807, 2.05) is 0 Å². The van der Waals surface area contributed by atoms with Crippen LogP contribution in [0.5, 0.6) is 0 Å². The molecule has 0 N–H and O–H groups in total. The van der Waals surface area contributed by atoms with Crippen LogP contribution in [0.2, 0.25) is 0 Å². The van der Waals surface area contributed by atoms with Crippen molar-refractivity contribution in [2.75, 3.05) is 0 Å². The maximum Gasteiger partial charge on any atom is 2.00 e. The quantitative estimate of drug-likeness (QED) is 0.472. The second kappa shape index (κ2) is 15.9. The summed E-state index contributed by atoms with van der Waals surface area (Å²) in [6, 6.07) is 0. The van der Waals surface area contributed by atoms with Gasteiger partial charge in [0.15, 0.2) is 17.4 Å². The number of rotatable bonds is 0. The first-order valence-corrected chi connectivity index (χ1v) is 0. The van der Waals surface area contributed by atoms with Gasteiger partial charge in [0.05, 0.1) is 0 Å². The molecule has 0 nitrogen and oxygen atoms in total. The van der Waals surface area contributed by atoms with Crippen LogP contribution in [0.25, 0.3) is 0 Å². The van der Waals surface area contributed by atoms with Gasteiger partial charge in [0, 0.05) is 57.3 Å². The standard InChI is InChI=1S/Al.Ca.La.Ti.5H/q;+2;;;;;;2*-1. The zero-order valence-corrected chi connectivity index (χ0v) is 9.18. The molecule has 0 aliphatic rings. The van der Waals surface area contributed by atoms with Gasteiger partial charge in [0.1, 0.15) is 0 Å².